The third kappa shape index (κ3) is 2.93. The molecule has 3 aliphatic heterocycles. The molecule has 172 valence electrons. The zero-order chi connectivity index (χ0) is 26.1. The molecule has 0 aromatic heterocycles. The van der Waals surface area contributed by atoms with Crippen LogP contribution >= 0.6 is 0 Å². The average Bonchev–Trinajstić information content (AvgIpc) is 2.90. The summed E-state index contributed by atoms with van der Waals surface area (Å²) in [5.74, 6) is 0. The molecule has 0 saturated carbocycles. The number of benzene rings is 3. The molecule has 0 spiro atoms. The first-order chi connectivity index (χ1) is 17.8. The van der Waals surface area contributed by atoms with Crippen LogP contribution < -0.4 is 15.3 Å². The number of hydrogen-bond donors (Lipinski definition) is 0. The third-order valence-electron chi connectivity index (χ3n) is 7.25. The van der Waals surface area contributed by atoms with Gasteiger partial charge in [0.1, 0.15) is 17.7 Å². The van der Waals surface area contributed by atoms with Crippen LogP contribution in [0.4, 0.5) is 17.1 Å². The largest absolute Gasteiger partial charge is 0.308 e. The van der Waals surface area contributed by atoms with E-state index in [2.05, 4.69) is 73.0 Å². The molecule has 6 rings (SSSR count). The van der Waals surface area contributed by atoms with Crippen LogP contribution in [0.3, 0.4) is 0 Å². The molecule has 3 aromatic carbocycles. The second kappa shape index (κ2) is 7.57. The first-order valence-electron chi connectivity index (χ1n) is 11.8. The fourth-order valence-electron chi connectivity index (χ4n) is 5.51. The van der Waals surface area contributed by atoms with E-state index in [4.69, 9.17) is 6.57 Å². The topological polar surface area (TPSA) is 79.0 Å². The minimum atomic E-state index is -0.250. The van der Waals surface area contributed by atoms with Gasteiger partial charge in [-0.25, -0.2) is 10.1 Å². The van der Waals surface area contributed by atoms with Crippen LogP contribution in [0.5, 0.6) is 0 Å². The number of anilines is 3. The molecule has 0 unspecified atom stereocenters. The molecule has 0 saturated heterocycles. The predicted octanol–water partition coefficient (Wildman–Crippen LogP) is 6.41. The van der Waals surface area contributed by atoms with Crippen molar-refractivity contribution in [1.29, 1.82) is 15.8 Å². The van der Waals surface area contributed by atoms with Crippen molar-refractivity contribution in [2.45, 2.75) is 26.2 Å². The monoisotopic (exact) mass is 473 g/mol. The van der Waals surface area contributed by atoms with E-state index in [9.17, 15) is 15.8 Å². The highest BCUT2D eigenvalue weighted by Crippen LogP contribution is 2.50. The van der Waals surface area contributed by atoms with Gasteiger partial charge in [-0.15, -0.1) is 0 Å². The Morgan fingerprint density at radius 3 is 1.86 bits per heavy atom. The maximum Gasteiger partial charge on any atom is 0.269 e. The second-order valence-corrected chi connectivity index (χ2v) is 10.3. The molecule has 0 N–H and O–H groups in total. The molecule has 0 aliphatic carbocycles. The highest BCUT2D eigenvalue weighted by molar-refractivity contribution is 6.24. The summed E-state index contributed by atoms with van der Waals surface area (Å²) in [7, 11) is 0. The van der Waals surface area contributed by atoms with Crippen LogP contribution in [0.2, 0.25) is 0 Å². The van der Waals surface area contributed by atoms with E-state index >= 15 is 0 Å². The summed E-state index contributed by atoms with van der Waals surface area (Å²) in [5.41, 5.74) is 3.30. The van der Waals surface area contributed by atoms with Crippen molar-refractivity contribution in [3.05, 3.63) is 88.1 Å². The first-order valence-corrected chi connectivity index (χ1v) is 11.8. The Bertz CT molecular complexity index is 1950. The zero-order valence-electron chi connectivity index (χ0n) is 20.5. The number of fused-ring (bicyclic) bond motifs is 2. The molecule has 3 heterocycles. The van der Waals surface area contributed by atoms with Gasteiger partial charge in [0, 0.05) is 32.0 Å². The van der Waals surface area contributed by atoms with Crippen molar-refractivity contribution in [3.63, 3.8) is 0 Å². The van der Waals surface area contributed by atoms with Crippen molar-refractivity contribution >= 4 is 60.6 Å². The van der Waals surface area contributed by atoms with Crippen LogP contribution in [0.15, 0.2) is 60.7 Å². The van der Waals surface area contributed by atoms with Gasteiger partial charge >= 0.3 is 0 Å². The fraction of sp³-hybridized carbons (Fsp3) is 0.125. The maximum atomic E-state index is 9.92. The molecule has 0 bridgehead atoms. The molecule has 5 nitrogen and oxygen atoms in total. The van der Waals surface area contributed by atoms with Crippen molar-refractivity contribution in [1.82, 2.24) is 0 Å². The molecular weight excluding hydrogens is 454 g/mol. The Kier molecular flexibility index (Phi) is 4.53. The standard InChI is InChI=1S/C32H19N5/c1-32(2,3)20-11-25-23(19(15-33)16-34)13-28-21-9-5-7-18-8-6-10-22(30(18)21)29-14-24(27(17-35)36-4)26(12-20)31(25)37(28)29/h5-14H,1-3H3/b27-24+. The lowest BCUT2D eigenvalue weighted by molar-refractivity contribution is 0.591. The van der Waals surface area contributed by atoms with E-state index in [1.54, 1.807) is 0 Å². The summed E-state index contributed by atoms with van der Waals surface area (Å²) in [6, 6.07) is 26.5. The van der Waals surface area contributed by atoms with Gasteiger partial charge in [0.15, 0.2) is 0 Å². The molecule has 37 heavy (non-hydrogen) atoms. The van der Waals surface area contributed by atoms with Gasteiger partial charge in [0.2, 0.25) is 0 Å². The summed E-state index contributed by atoms with van der Waals surface area (Å²) in [5, 5.41) is 36.5. The van der Waals surface area contributed by atoms with Crippen LogP contribution in [0.1, 0.15) is 26.3 Å². The highest BCUT2D eigenvalue weighted by atomic mass is 15.2. The van der Waals surface area contributed by atoms with Gasteiger partial charge < -0.3 is 4.90 Å². The highest BCUT2D eigenvalue weighted by Gasteiger charge is 2.30. The van der Waals surface area contributed by atoms with Gasteiger partial charge in [0.05, 0.1) is 29.7 Å². The van der Waals surface area contributed by atoms with Crippen molar-refractivity contribution in [2.75, 3.05) is 4.90 Å². The van der Waals surface area contributed by atoms with Gasteiger partial charge in [-0.05, 0) is 46.0 Å². The van der Waals surface area contributed by atoms with Crippen molar-refractivity contribution in [2.24, 2.45) is 0 Å². The number of nitriles is 3. The minimum Gasteiger partial charge on any atom is -0.308 e. The lowest BCUT2D eigenvalue weighted by Gasteiger charge is -2.36. The van der Waals surface area contributed by atoms with E-state index in [0.29, 0.717) is 10.4 Å². The summed E-state index contributed by atoms with van der Waals surface area (Å²) >= 11 is 0. The number of rotatable bonds is 0. The lowest BCUT2D eigenvalue weighted by Crippen LogP contribution is -2.27. The van der Waals surface area contributed by atoms with Crippen LogP contribution in [0, 0.1) is 40.6 Å². The average molecular weight is 474 g/mol. The minimum absolute atomic E-state index is 0.00821. The van der Waals surface area contributed by atoms with Gasteiger partial charge in [-0.2, -0.15) is 10.5 Å². The van der Waals surface area contributed by atoms with E-state index in [0.717, 1.165) is 54.9 Å². The maximum absolute atomic E-state index is 9.92. The molecule has 0 atom stereocenters. The lowest BCUT2D eigenvalue weighted by atomic mass is 9.83. The van der Waals surface area contributed by atoms with E-state index in [1.165, 1.54) is 0 Å². The number of nitrogens with zero attached hydrogens (tertiary/aromatic N) is 5. The molecule has 0 fully saturated rings. The van der Waals surface area contributed by atoms with E-state index in [-0.39, 0.29) is 16.7 Å². The van der Waals surface area contributed by atoms with Gasteiger partial charge in [0.25, 0.3) is 5.70 Å². The quantitative estimate of drug-likeness (QED) is 0.239. The predicted molar refractivity (Wildman–Crippen MR) is 147 cm³/mol. The Balaban J connectivity index is 2.09. The Morgan fingerprint density at radius 1 is 0.784 bits per heavy atom. The van der Waals surface area contributed by atoms with E-state index < -0.39 is 0 Å². The van der Waals surface area contributed by atoms with Gasteiger partial charge in [-0.3, -0.25) is 0 Å². The van der Waals surface area contributed by atoms with Crippen molar-refractivity contribution in [3.8, 4) is 18.2 Å². The molecule has 3 aliphatic rings. The summed E-state index contributed by atoms with van der Waals surface area (Å²) < 4.78 is 0. The SMILES string of the molecule is [C-]#[N+]/C(C#N)=c1\cc2c3cccc4cccc(c5cc(=C(C#N)C#N)c6cc(C(C)(C)C)cc1c6N52)c43. The van der Waals surface area contributed by atoms with Crippen LogP contribution in [-0.4, -0.2) is 0 Å². The number of hydrogen-bond acceptors (Lipinski definition) is 4. The Hall–Kier alpha value is -5.36. The molecule has 0 amide bonds. The molecule has 0 radical (unpaired) electrons. The summed E-state index contributed by atoms with van der Waals surface area (Å²) in [4.78, 5) is 5.74. The normalized spacial score (nSPS) is 13.0. The molecular formula is C32H19N5. The fourth-order valence-corrected chi connectivity index (χ4v) is 5.51. The summed E-state index contributed by atoms with van der Waals surface area (Å²) in [6.45, 7) is 14.0. The molecule has 3 aromatic rings. The zero-order valence-corrected chi connectivity index (χ0v) is 20.5. The van der Waals surface area contributed by atoms with Crippen LogP contribution in [0.25, 0.3) is 48.4 Å². The van der Waals surface area contributed by atoms with E-state index in [1.807, 2.05) is 36.4 Å². The van der Waals surface area contributed by atoms with Crippen molar-refractivity contribution < 1.29 is 0 Å². The Morgan fingerprint density at radius 2 is 1.35 bits per heavy atom. The Labute approximate surface area is 213 Å². The summed E-state index contributed by atoms with van der Waals surface area (Å²) in [6.07, 6.45) is 0. The first kappa shape index (κ1) is 22.1. The van der Waals surface area contributed by atoms with Gasteiger partial charge in [-0.1, -0.05) is 57.2 Å². The van der Waals surface area contributed by atoms with Crippen LogP contribution in [-0.2, 0) is 5.41 Å². The smallest absolute Gasteiger partial charge is 0.269 e. The molecule has 5 heteroatoms. The second-order valence-electron chi connectivity index (χ2n) is 10.3. The third-order valence-corrected chi connectivity index (χ3v) is 7.25.